The highest BCUT2D eigenvalue weighted by atomic mass is 16.5. The van der Waals surface area contributed by atoms with Crippen molar-refractivity contribution in [1.82, 2.24) is 0 Å². The van der Waals surface area contributed by atoms with Crippen LogP contribution in [0.2, 0.25) is 0 Å². The van der Waals surface area contributed by atoms with Gasteiger partial charge in [-0.25, -0.2) is 0 Å². The van der Waals surface area contributed by atoms with Crippen LogP contribution >= 0.6 is 0 Å². The Balaban J connectivity index is 2.13. The van der Waals surface area contributed by atoms with Gasteiger partial charge in [-0.2, -0.15) is 0 Å². The topological polar surface area (TPSA) is 38.5 Å². The summed E-state index contributed by atoms with van der Waals surface area (Å²) in [7, 11) is 1.76. The standard InChI is InChI=1S/C14H22N2O/c1-11(10-17-2)16(14-7-8-14)13-5-3-12(9-15)4-6-13/h3-6,11,14H,7-10,15H2,1-2H3. The number of anilines is 1. The van der Waals surface area contributed by atoms with Gasteiger partial charge in [-0.3, -0.25) is 0 Å². The van der Waals surface area contributed by atoms with E-state index in [1.807, 2.05) is 0 Å². The molecule has 1 saturated carbocycles. The average molecular weight is 234 g/mol. The molecule has 1 aromatic carbocycles. The average Bonchev–Trinajstić information content (AvgIpc) is 3.15. The lowest BCUT2D eigenvalue weighted by Gasteiger charge is -2.31. The molecule has 17 heavy (non-hydrogen) atoms. The number of hydrogen-bond donors (Lipinski definition) is 1. The minimum atomic E-state index is 0.427. The van der Waals surface area contributed by atoms with Crippen molar-refractivity contribution in [3.8, 4) is 0 Å². The summed E-state index contributed by atoms with van der Waals surface area (Å²) in [6.07, 6.45) is 2.60. The maximum atomic E-state index is 5.62. The van der Waals surface area contributed by atoms with Gasteiger partial charge in [0, 0.05) is 31.4 Å². The van der Waals surface area contributed by atoms with Gasteiger partial charge < -0.3 is 15.4 Å². The van der Waals surface area contributed by atoms with Crippen molar-refractivity contribution in [2.75, 3.05) is 18.6 Å². The second kappa shape index (κ2) is 5.52. The van der Waals surface area contributed by atoms with Gasteiger partial charge in [0.05, 0.1) is 6.61 Å². The van der Waals surface area contributed by atoms with E-state index in [9.17, 15) is 0 Å². The quantitative estimate of drug-likeness (QED) is 0.819. The molecular weight excluding hydrogens is 212 g/mol. The first-order chi connectivity index (χ1) is 8.26. The van der Waals surface area contributed by atoms with Crippen LogP contribution in [0.25, 0.3) is 0 Å². The van der Waals surface area contributed by atoms with Gasteiger partial charge in [-0.05, 0) is 37.5 Å². The van der Waals surface area contributed by atoms with Gasteiger partial charge in [0.1, 0.15) is 0 Å². The first-order valence-electron chi connectivity index (χ1n) is 6.32. The highest BCUT2D eigenvalue weighted by Crippen LogP contribution is 2.33. The largest absolute Gasteiger partial charge is 0.383 e. The summed E-state index contributed by atoms with van der Waals surface area (Å²) in [5.41, 5.74) is 8.09. The number of methoxy groups -OCH3 is 1. The molecule has 0 saturated heterocycles. The number of rotatable bonds is 6. The summed E-state index contributed by atoms with van der Waals surface area (Å²) in [5, 5.41) is 0. The molecule has 0 spiro atoms. The van der Waals surface area contributed by atoms with Crippen LogP contribution in [-0.4, -0.2) is 25.8 Å². The van der Waals surface area contributed by atoms with E-state index < -0.39 is 0 Å². The lowest BCUT2D eigenvalue weighted by Crippen LogP contribution is -2.38. The molecule has 0 aromatic heterocycles. The Morgan fingerprint density at radius 3 is 2.47 bits per heavy atom. The fourth-order valence-corrected chi connectivity index (χ4v) is 2.30. The zero-order chi connectivity index (χ0) is 12.3. The molecule has 1 unspecified atom stereocenters. The lowest BCUT2D eigenvalue weighted by molar-refractivity contribution is 0.181. The van der Waals surface area contributed by atoms with Crippen molar-refractivity contribution in [2.24, 2.45) is 5.73 Å². The molecular formula is C14H22N2O. The molecule has 3 heteroatoms. The normalized spacial score (nSPS) is 16.9. The summed E-state index contributed by atoms with van der Waals surface area (Å²) < 4.78 is 5.27. The third-order valence-corrected chi connectivity index (χ3v) is 3.29. The van der Waals surface area contributed by atoms with Gasteiger partial charge in [0.15, 0.2) is 0 Å². The van der Waals surface area contributed by atoms with Crippen molar-refractivity contribution < 1.29 is 4.74 Å². The maximum Gasteiger partial charge on any atom is 0.0663 e. The van der Waals surface area contributed by atoms with Crippen LogP contribution in [0.5, 0.6) is 0 Å². The fourth-order valence-electron chi connectivity index (χ4n) is 2.30. The van der Waals surface area contributed by atoms with Crippen molar-refractivity contribution >= 4 is 5.69 Å². The molecule has 2 N–H and O–H groups in total. The molecule has 1 fully saturated rings. The Bertz CT molecular complexity index is 346. The number of nitrogens with two attached hydrogens (primary N) is 1. The SMILES string of the molecule is COCC(C)N(c1ccc(CN)cc1)C1CC1. The lowest BCUT2D eigenvalue weighted by atomic mass is 10.1. The second-order valence-electron chi connectivity index (χ2n) is 4.81. The van der Waals surface area contributed by atoms with Gasteiger partial charge in [-0.15, -0.1) is 0 Å². The third kappa shape index (κ3) is 2.99. The number of benzene rings is 1. The molecule has 0 amide bonds. The van der Waals surface area contributed by atoms with Crippen LogP contribution in [0.3, 0.4) is 0 Å². The highest BCUT2D eigenvalue weighted by molar-refractivity contribution is 5.50. The molecule has 3 nitrogen and oxygen atoms in total. The van der Waals surface area contributed by atoms with Crippen LogP contribution in [0, 0.1) is 0 Å². The summed E-state index contributed by atoms with van der Waals surface area (Å²) in [5.74, 6) is 0. The third-order valence-electron chi connectivity index (χ3n) is 3.29. The second-order valence-corrected chi connectivity index (χ2v) is 4.81. The Kier molecular flexibility index (Phi) is 4.02. The van der Waals surface area contributed by atoms with Gasteiger partial charge in [0.25, 0.3) is 0 Å². The number of ether oxygens (including phenoxy) is 1. The van der Waals surface area contributed by atoms with Crippen LogP contribution in [0.4, 0.5) is 5.69 Å². The first kappa shape index (κ1) is 12.4. The van der Waals surface area contributed by atoms with Crippen molar-refractivity contribution in [2.45, 2.75) is 38.4 Å². The summed E-state index contributed by atoms with van der Waals surface area (Å²) in [4.78, 5) is 2.48. The minimum absolute atomic E-state index is 0.427. The summed E-state index contributed by atoms with van der Waals surface area (Å²) in [6.45, 7) is 3.60. The molecule has 0 aliphatic heterocycles. The van der Waals surface area contributed by atoms with Crippen molar-refractivity contribution in [1.29, 1.82) is 0 Å². The van der Waals surface area contributed by atoms with E-state index in [1.165, 1.54) is 24.1 Å². The molecule has 1 aromatic rings. The van der Waals surface area contributed by atoms with Crippen LogP contribution in [0.15, 0.2) is 24.3 Å². The zero-order valence-electron chi connectivity index (χ0n) is 10.7. The molecule has 0 radical (unpaired) electrons. The van der Waals surface area contributed by atoms with E-state index >= 15 is 0 Å². The Hall–Kier alpha value is -1.06. The van der Waals surface area contributed by atoms with Crippen LogP contribution in [0.1, 0.15) is 25.3 Å². The Labute approximate surface area is 104 Å². The monoisotopic (exact) mass is 234 g/mol. The van der Waals surface area contributed by atoms with Crippen molar-refractivity contribution in [3.63, 3.8) is 0 Å². The van der Waals surface area contributed by atoms with E-state index in [-0.39, 0.29) is 0 Å². The first-order valence-corrected chi connectivity index (χ1v) is 6.32. The minimum Gasteiger partial charge on any atom is -0.383 e. The zero-order valence-corrected chi connectivity index (χ0v) is 10.7. The molecule has 2 rings (SSSR count). The number of hydrogen-bond acceptors (Lipinski definition) is 3. The number of nitrogens with zero attached hydrogens (tertiary/aromatic N) is 1. The maximum absolute atomic E-state index is 5.62. The molecule has 1 atom stereocenters. The predicted octanol–water partition coefficient (Wildman–Crippen LogP) is 2.15. The molecule has 1 aliphatic carbocycles. The Morgan fingerprint density at radius 1 is 1.35 bits per heavy atom. The molecule has 0 bridgehead atoms. The smallest absolute Gasteiger partial charge is 0.0663 e. The Morgan fingerprint density at radius 2 is 2.00 bits per heavy atom. The van der Waals surface area contributed by atoms with Crippen LogP contribution < -0.4 is 10.6 Å². The molecule has 1 aliphatic rings. The van der Waals surface area contributed by atoms with Crippen molar-refractivity contribution in [3.05, 3.63) is 29.8 Å². The summed E-state index contributed by atoms with van der Waals surface area (Å²) >= 11 is 0. The van der Waals surface area contributed by atoms with E-state index in [0.717, 1.165) is 6.61 Å². The summed E-state index contributed by atoms with van der Waals surface area (Å²) in [6, 6.07) is 9.70. The fraction of sp³-hybridized carbons (Fsp3) is 0.571. The van der Waals surface area contributed by atoms with E-state index in [4.69, 9.17) is 10.5 Å². The molecule has 94 valence electrons. The van der Waals surface area contributed by atoms with Gasteiger partial charge in [0.2, 0.25) is 0 Å². The van der Waals surface area contributed by atoms with Crippen LogP contribution in [-0.2, 0) is 11.3 Å². The predicted molar refractivity (Wildman–Crippen MR) is 71.2 cm³/mol. The molecule has 0 heterocycles. The van der Waals surface area contributed by atoms with Gasteiger partial charge in [-0.1, -0.05) is 12.1 Å². The van der Waals surface area contributed by atoms with E-state index in [1.54, 1.807) is 7.11 Å². The van der Waals surface area contributed by atoms with Gasteiger partial charge >= 0.3 is 0 Å². The van der Waals surface area contributed by atoms with E-state index in [0.29, 0.717) is 18.6 Å². The van der Waals surface area contributed by atoms with E-state index in [2.05, 4.69) is 36.1 Å². The highest BCUT2D eigenvalue weighted by Gasteiger charge is 2.32.